The van der Waals surface area contributed by atoms with E-state index in [2.05, 4.69) is 15.0 Å². The van der Waals surface area contributed by atoms with Crippen molar-refractivity contribution in [3.63, 3.8) is 0 Å². The summed E-state index contributed by atoms with van der Waals surface area (Å²) in [5.74, 6) is -1.29. The number of carbonyl (C=O) groups is 2. The van der Waals surface area contributed by atoms with Crippen LogP contribution >= 0.6 is 11.3 Å². The number of nitrogens with zero attached hydrogens (tertiary/aromatic N) is 2. The molecular formula is C20H32N4O5S2. The standard InChI is InChI=1S/C20H32N4O5S2/c1-20(2,17(25)26)23-31(28,29)16-13-21-18(30-16)22-19(27)24(14-9-5-3-6-10-14)15-11-7-4-8-12-15/h13-15,23H,3-12H2,1-2H3,(H,25,26)(H,21,22,27). The van der Waals surface area contributed by atoms with Crippen LogP contribution in [-0.2, 0) is 14.8 Å². The number of aromatic nitrogens is 1. The smallest absolute Gasteiger partial charge is 0.324 e. The average Bonchev–Trinajstić information content (AvgIpc) is 3.18. The van der Waals surface area contributed by atoms with Crippen LogP contribution in [0.25, 0.3) is 0 Å². The molecule has 2 amide bonds. The number of carbonyl (C=O) groups excluding carboxylic acids is 1. The molecule has 2 fully saturated rings. The van der Waals surface area contributed by atoms with Crippen molar-refractivity contribution >= 4 is 38.5 Å². The summed E-state index contributed by atoms with van der Waals surface area (Å²) in [6, 6.07) is 0.187. The zero-order valence-electron chi connectivity index (χ0n) is 18.1. The predicted molar refractivity (Wildman–Crippen MR) is 119 cm³/mol. The van der Waals surface area contributed by atoms with E-state index in [9.17, 15) is 23.1 Å². The Kier molecular flexibility index (Phi) is 7.59. The third-order valence-electron chi connectivity index (χ3n) is 6.06. The molecule has 0 spiro atoms. The van der Waals surface area contributed by atoms with Gasteiger partial charge in [0.2, 0.25) is 0 Å². The first kappa shape index (κ1) is 23.9. The lowest BCUT2D eigenvalue weighted by Crippen LogP contribution is -2.50. The summed E-state index contributed by atoms with van der Waals surface area (Å²) in [6.45, 7) is 2.53. The highest BCUT2D eigenvalue weighted by molar-refractivity contribution is 7.91. The van der Waals surface area contributed by atoms with Gasteiger partial charge in [0.25, 0.3) is 10.0 Å². The number of nitrogens with one attached hydrogen (secondary N) is 2. The zero-order valence-corrected chi connectivity index (χ0v) is 19.7. The van der Waals surface area contributed by atoms with E-state index >= 15 is 0 Å². The number of urea groups is 1. The molecule has 0 unspecified atom stereocenters. The van der Waals surface area contributed by atoms with Crippen molar-refractivity contribution in [1.29, 1.82) is 0 Å². The Morgan fingerprint density at radius 1 is 1.06 bits per heavy atom. The molecule has 2 aliphatic rings. The van der Waals surface area contributed by atoms with Gasteiger partial charge in [0, 0.05) is 12.1 Å². The molecule has 1 aromatic rings. The second kappa shape index (κ2) is 9.83. The van der Waals surface area contributed by atoms with Gasteiger partial charge >= 0.3 is 12.0 Å². The van der Waals surface area contributed by atoms with Crippen molar-refractivity contribution in [1.82, 2.24) is 14.6 Å². The molecule has 1 aromatic heterocycles. The molecule has 2 aliphatic carbocycles. The maximum Gasteiger partial charge on any atom is 0.324 e. The maximum atomic E-state index is 13.2. The molecule has 3 rings (SSSR count). The van der Waals surface area contributed by atoms with E-state index in [1.165, 1.54) is 26.7 Å². The number of amides is 2. The summed E-state index contributed by atoms with van der Waals surface area (Å²) in [5, 5.41) is 12.2. The highest BCUT2D eigenvalue weighted by atomic mass is 32.2. The molecule has 0 bridgehead atoms. The minimum Gasteiger partial charge on any atom is -0.480 e. The van der Waals surface area contributed by atoms with E-state index in [0.717, 1.165) is 68.9 Å². The molecule has 174 valence electrons. The third-order valence-corrected chi connectivity index (χ3v) is 9.09. The average molecular weight is 473 g/mol. The van der Waals surface area contributed by atoms with E-state index < -0.39 is 21.5 Å². The van der Waals surface area contributed by atoms with Gasteiger partial charge in [-0.25, -0.2) is 18.2 Å². The summed E-state index contributed by atoms with van der Waals surface area (Å²) in [4.78, 5) is 30.5. The van der Waals surface area contributed by atoms with Gasteiger partial charge in [0.15, 0.2) is 9.34 Å². The number of hydrogen-bond acceptors (Lipinski definition) is 6. The van der Waals surface area contributed by atoms with Gasteiger partial charge in [0.05, 0.1) is 6.20 Å². The topological polar surface area (TPSA) is 129 Å². The molecule has 1 heterocycles. The van der Waals surface area contributed by atoms with Crippen molar-refractivity contribution in [3.05, 3.63) is 6.20 Å². The van der Waals surface area contributed by atoms with Crippen molar-refractivity contribution in [2.24, 2.45) is 0 Å². The van der Waals surface area contributed by atoms with Crippen LogP contribution in [0.2, 0.25) is 0 Å². The Balaban J connectivity index is 1.73. The normalized spacial score (nSPS) is 19.2. The van der Waals surface area contributed by atoms with Crippen molar-refractivity contribution < 1.29 is 23.1 Å². The molecule has 3 N–H and O–H groups in total. The monoisotopic (exact) mass is 472 g/mol. The maximum absolute atomic E-state index is 13.2. The summed E-state index contributed by atoms with van der Waals surface area (Å²) in [7, 11) is -4.08. The predicted octanol–water partition coefficient (Wildman–Crippen LogP) is 3.78. The largest absolute Gasteiger partial charge is 0.480 e. The van der Waals surface area contributed by atoms with Crippen LogP contribution in [0, 0.1) is 0 Å². The fourth-order valence-electron chi connectivity index (χ4n) is 4.38. The third kappa shape index (κ3) is 5.95. The Morgan fingerprint density at radius 3 is 2.06 bits per heavy atom. The van der Waals surface area contributed by atoms with Crippen LogP contribution in [0.1, 0.15) is 78.1 Å². The highest BCUT2D eigenvalue weighted by Gasteiger charge is 2.35. The lowest BCUT2D eigenvalue weighted by atomic mass is 9.89. The molecule has 0 saturated heterocycles. The number of carboxylic acids is 1. The fourth-order valence-corrected chi connectivity index (χ4v) is 6.77. The fraction of sp³-hybridized carbons (Fsp3) is 0.750. The SMILES string of the molecule is CC(C)(NS(=O)(=O)c1cnc(NC(=O)N(C2CCCCC2)C2CCCCC2)s1)C(=O)O. The van der Waals surface area contributed by atoms with Crippen LogP contribution in [0.5, 0.6) is 0 Å². The number of rotatable bonds is 7. The number of sulfonamides is 1. The molecule has 0 atom stereocenters. The molecule has 0 radical (unpaired) electrons. The molecule has 9 nitrogen and oxygen atoms in total. The first-order valence-electron chi connectivity index (χ1n) is 10.9. The lowest BCUT2D eigenvalue weighted by Gasteiger charge is -2.41. The van der Waals surface area contributed by atoms with Gasteiger partial charge in [-0.1, -0.05) is 49.9 Å². The number of thiazole rings is 1. The Labute approximate surface area is 187 Å². The summed E-state index contributed by atoms with van der Waals surface area (Å²) >= 11 is 0.818. The quantitative estimate of drug-likeness (QED) is 0.554. The van der Waals surface area contributed by atoms with Gasteiger partial charge in [-0.05, 0) is 39.5 Å². The zero-order chi connectivity index (χ0) is 22.6. The lowest BCUT2D eigenvalue weighted by molar-refractivity contribution is -0.142. The molecule has 0 aromatic carbocycles. The van der Waals surface area contributed by atoms with Gasteiger partial charge < -0.3 is 10.0 Å². The van der Waals surface area contributed by atoms with Gasteiger partial charge in [-0.2, -0.15) is 4.72 Å². The van der Waals surface area contributed by atoms with Crippen LogP contribution in [0.4, 0.5) is 9.93 Å². The second-order valence-electron chi connectivity index (χ2n) is 8.94. The Hall–Kier alpha value is -1.72. The summed E-state index contributed by atoms with van der Waals surface area (Å²) < 4.78 is 27.1. The minimum absolute atomic E-state index is 0.140. The molecule has 31 heavy (non-hydrogen) atoms. The van der Waals surface area contributed by atoms with Crippen LogP contribution < -0.4 is 10.0 Å². The number of hydrogen-bond donors (Lipinski definition) is 3. The van der Waals surface area contributed by atoms with E-state index in [4.69, 9.17) is 0 Å². The van der Waals surface area contributed by atoms with Crippen molar-refractivity contribution in [2.75, 3.05) is 5.32 Å². The Bertz CT molecular complexity index is 869. The van der Waals surface area contributed by atoms with Crippen molar-refractivity contribution in [2.45, 2.75) is 99.9 Å². The Morgan fingerprint density at radius 2 is 1.58 bits per heavy atom. The van der Waals surface area contributed by atoms with E-state index in [1.807, 2.05) is 4.90 Å². The summed E-state index contributed by atoms with van der Waals surface area (Å²) in [6.07, 6.45) is 12.0. The molecule has 11 heteroatoms. The van der Waals surface area contributed by atoms with E-state index in [0.29, 0.717) is 0 Å². The number of aliphatic carboxylic acids is 1. The van der Waals surface area contributed by atoms with E-state index in [1.54, 1.807) is 0 Å². The molecule has 2 saturated carbocycles. The van der Waals surface area contributed by atoms with Gasteiger partial charge in [0.1, 0.15) is 5.54 Å². The number of carboxylic acid groups (broad SMARTS) is 1. The van der Waals surface area contributed by atoms with Gasteiger partial charge in [-0.15, -0.1) is 0 Å². The molecular weight excluding hydrogens is 440 g/mol. The molecule has 0 aliphatic heterocycles. The highest BCUT2D eigenvalue weighted by Crippen LogP contribution is 2.31. The summed E-state index contributed by atoms with van der Waals surface area (Å²) in [5.41, 5.74) is -1.66. The van der Waals surface area contributed by atoms with Crippen LogP contribution in [-0.4, -0.2) is 53.0 Å². The van der Waals surface area contributed by atoms with Crippen LogP contribution in [0.3, 0.4) is 0 Å². The minimum atomic E-state index is -4.08. The van der Waals surface area contributed by atoms with Gasteiger partial charge in [-0.3, -0.25) is 10.1 Å². The van der Waals surface area contributed by atoms with E-state index in [-0.39, 0.29) is 27.5 Å². The van der Waals surface area contributed by atoms with Crippen molar-refractivity contribution in [3.8, 4) is 0 Å². The first-order valence-corrected chi connectivity index (χ1v) is 13.2. The van der Waals surface area contributed by atoms with Crippen LogP contribution in [0.15, 0.2) is 10.4 Å². The second-order valence-corrected chi connectivity index (χ2v) is 11.9. The number of anilines is 1. The first-order chi connectivity index (χ1) is 14.6.